The van der Waals surface area contributed by atoms with Crippen molar-refractivity contribution < 1.29 is 20.1 Å². The number of aromatic amines is 1. The van der Waals surface area contributed by atoms with Crippen LogP contribution in [0.3, 0.4) is 0 Å². The van der Waals surface area contributed by atoms with Crippen LogP contribution in [0.25, 0.3) is 6.08 Å². The predicted molar refractivity (Wildman–Crippen MR) is 64.4 cm³/mol. The molecule has 0 spiro atoms. The molecular weight excluding hydrogens is 256 g/mol. The molecule has 2 rings (SSSR count). The van der Waals surface area contributed by atoms with Gasteiger partial charge in [-0.15, -0.1) is 0 Å². The Morgan fingerprint density at radius 3 is 2.63 bits per heavy atom. The fourth-order valence-corrected chi connectivity index (χ4v) is 1.95. The van der Waals surface area contributed by atoms with E-state index in [4.69, 9.17) is 9.84 Å². The van der Waals surface area contributed by atoms with E-state index in [0.717, 1.165) is 4.57 Å². The van der Waals surface area contributed by atoms with Crippen LogP contribution < -0.4 is 11.2 Å². The molecule has 8 heteroatoms. The zero-order valence-electron chi connectivity index (χ0n) is 9.89. The molecule has 104 valence electrons. The summed E-state index contributed by atoms with van der Waals surface area (Å²) in [7, 11) is 0. The number of rotatable bonds is 3. The van der Waals surface area contributed by atoms with E-state index < -0.39 is 42.4 Å². The van der Waals surface area contributed by atoms with Crippen LogP contribution in [0, 0.1) is 0 Å². The fraction of sp³-hybridized carbons (Fsp3) is 0.455. The normalized spacial score (nSPS) is 30.5. The number of aliphatic hydroxyl groups is 3. The lowest BCUT2D eigenvalue weighted by Crippen LogP contribution is -2.38. The van der Waals surface area contributed by atoms with Crippen molar-refractivity contribution in [3.63, 3.8) is 0 Å². The minimum absolute atomic E-state index is 0.123. The van der Waals surface area contributed by atoms with Gasteiger partial charge in [0.05, 0.1) is 12.2 Å². The number of hydrogen-bond acceptors (Lipinski definition) is 6. The highest BCUT2D eigenvalue weighted by molar-refractivity contribution is 5.43. The van der Waals surface area contributed by atoms with Gasteiger partial charge in [-0.3, -0.25) is 14.3 Å². The molecule has 2 heterocycles. The van der Waals surface area contributed by atoms with Crippen molar-refractivity contribution in [2.75, 3.05) is 6.61 Å². The molecule has 1 saturated heterocycles. The Bertz CT molecular complexity index is 592. The minimum Gasteiger partial charge on any atom is -0.394 e. The maximum absolute atomic E-state index is 11.7. The Balaban J connectivity index is 2.46. The summed E-state index contributed by atoms with van der Waals surface area (Å²) in [6.45, 7) is 2.93. The molecule has 4 N–H and O–H groups in total. The molecule has 1 aromatic heterocycles. The van der Waals surface area contributed by atoms with E-state index in [1.807, 2.05) is 4.98 Å². The highest BCUT2D eigenvalue weighted by atomic mass is 16.6. The van der Waals surface area contributed by atoms with Gasteiger partial charge in [0, 0.05) is 6.20 Å². The van der Waals surface area contributed by atoms with Gasteiger partial charge in [-0.2, -0.15) is 0 Å². The van der Waals surface area contributed by atoms with Gasteiger partial charge in [-0.1, -0.05) is 12.7 Å². The van der Waals surface area contributed by atoms with E-state index in [1.165, 1.54) is 12.3 Å². The van der Waals surface area contributed by atoms with Crippen LogP contribution in [-0.2, 0) is 4.74 Å². The maximum Gasteiger partial charge on any atom is 0.330 e. The Morgan fingerprint density at radius 2 is 2.11 bits per heavy atom. The summed E-state index contributed by atoms with van der Waals surface area (Å²) in [6.07, 6.45) is -2.47. The molecule has 1 fully saturated rings. The molecular formula is C11H14N2O6. The van der Waals surface area contributed by atoms with E-state index in [-0.39, 0.29) is 5.56 Å². The summed E-state index contributed by atoms with van der Waals surface area (Å²) in [5.41, 5.74) is -1.27. The summed E-state index contributed by atoms with van der Waals surface area (Å²) in [5, 5.41) is 28.4. The maximum atomic E-state index is 11.7. The first-order valence-electron chi connectivity index (χ1n) is 5.60. The first-order chi connectivity index (χ1) is 8.99. The van der Waals surface area contributed by atoms with Crippen molar-refractivity contribution in [3.8, 4) is 0 Å². The van der Waals surface area contributed by atoms with Crippen LogP contribution in [0.2, 0.25) is 0 Å². The third kappa shape index (κ3) is 2.26. The van der Waals surface area contributed by atoms with Crippen molar-refractivity contribution in [2.45, 2.75) is 24.5 Å². The summed E-state index contributed by atoms with van der Waals surface area (Å²) >= 11 is 0. The average Bonchev–Trinajstić information content (AvgIpc) is 2.67. The fourth-order valence-electron chi connectivity index (χ4n) is 1.95. The summed E-state index contributed by atoms with van der Waals surface area (Å²) in [5.74, 6) is 0. The quantitative estimate of drug-likeness (QED) is 0.493. The second-order valence-corrected chi connectivity index (χ2v) is 4.18. The molecule has 1 aromatic rings. The second-order valence-electron chi connectivity index (χ2n) is 4.18. The molecule has 0 saturated carbocycles. The van der Waals surface area contributed by atoms with Crippen LogP contribution in [0.15, 0.2) is 22.4 Å². The number of ether oxygens (including phenoxy) is 1. The SMILES string of the molecule is C=Cc1cn([C@@H]2O[C@H](CO)[C@@H](O)[C@H]2O)c(=O)[nH]c1=O. The first-order valence-corrected chi connectivity index (χ1v) is 5.60. The van der Waals surface area contributed by atoms with Crippen molar-refractivity contribution >= 4 is 6.08 Å². The lowest BCUT2D eigenvalue weighted by atomic mass is 10.1. The summed E-state index contributed by atoms with van der Waals surface area (Å²) < 4.78 is 6.14. The molecule has 0 aromatic carbocycles. The van der Waals surface area contributed by atoms with Gasteiger partial charge >= 0.3 is 5.69 Å². The molecule has 1 aliphatic heterocycles. The number of hydrogen-bond donors (Lipinski definition) is 4. The standard InChI is InChI=1S/C11H14N2O6/c1-2-5-3-13(11(18)12-9(5)17)10-8(16)7(15)6(4-14)19-10/h2-3,6-8,10,14-16H,1,4H2,(H,12,17,18)/t6-,7-,8-,10-/m1/s1. The third-order valence-corrected chi connectivity index (χ3v) is 3.01. The van der Waals surface area contributed by atoms with E-state index in [9.17, 15) is 19.8 Å². The molecule has 0 aliphatic carbocycles. The topological polar surface area (TPSA) is 125 Å². The Morgan fingerprint density at radius 1 is 1.42 bits per heavy atom. The third-order valence-electron chi connectivity index (χ3n) is 3.01. The van der Waals surface area contributed by atoms with E-state index in [1.54, 1.807) is 0 Å². The molecule has 0 unspecified atom stereocenters. The number of aliphatic hydroxyl groups excluding tert-OH is 3. The van der Waals surface area contributed by atoms with Gasteiger partial charge in [0.1, 0.15) is 18.3 Å². The van der Waals surface area contributed by atoms with Gasteiger partial charge in [-0.05, 0) is 0 Å². The highest BCUT2D eigenvalue weighted by Crippen LogP contribution is 2.27. The number of nitrogens with one attached hydrogen (secondary N) is 1. The smallest absolute Gasteiger partial charge is 0.330 e. The highest BCUT2D eigenvalue weighted by Gasteiger charge is 2.43. The molecule has 4 atom stereocenters. The number of H-pyrrole nitrogens is 1. The Labute approximate surface area is 107 Å². The number of aromatic nitrogens is 2. The van der Waals surface area contributed by atoms with Gasteiger partial charge in [0.15, 0.2) is 6.23 Å². The van der Waals surface area contributed by atoms with Crippen molar-refractivity contribution in [1.29, 1.82) is 0 Å². The van der Waals surface area contributed by atoms with Crippen molar-refractivity contribution in [3.05, 3.63) is 39.2 Å². The van der Waals surface area contributed by atoms with Crippen LogP contribution in [-0.4, -0.2) is 49.8 Å². The number of nitrogens with zero attached hydrogens (tertiary/aromatic N) is 1. The lowest BCUT2D eigenvalue weighted by molar-refractivity contribution is -0.0550. The van der Waals surface area contributed by atoms with E-state index >= 15 is 0 Å². The van der Waals surface area contributed by atoms with Crippen LogP contribution in [0.4, 0.5) is 0 Å². The molecule has 1 aliphatic rings. The monoisotopic (exact) mass is 270 g/mol. The van der Waals surface area contributed by atoms with Gasteiger partial charge in [0.2, 0.25) is 0 Å². The zero-order chi connectivity index (χ0) is 14.2. The second kappa shape index (κ2) is 5.10. The minimum atomic E-state index is -1.39. The van der Waals surface area contributed by atoms with E-state index in [0.29, 0.717) is 0 Å². The Hall–Kier alpha value is -1.74. The largest absolute Gasteiger partial charge is 0.394 e. The van der Waals surface area contributed by atoms with Crippen LogP contribution >= 0.6 is 0 Å². The van der Waals surface area contributed by atoms with Crippen molar-refractivity contribution in [1.82, 2.24) is 9.55 Å². The van der Waals surface area contributed by atoms with Crippen molar-refractivity contribution in [2.24, 2.45) is 0 Å². The first kappa shape index (κ1) is 13.7. The summed E-state index contributed by atoms with van der Waals surface area (Å²) in [6, 6.07) is 0. The average molecular weight is 270 g/mol. The molecule has 19 heavy (non-hydrogen) atoms. The molecule has 0 bridgehead atoms. The van der Waals surface area contributed by atoms with Gasteiger partial charge in [-0.25, -0.2) is 4.79 Å². The van der Waals surface area contributed by atoms with Gasteiger partial charge < -0.3 is 20.1 Å². The molecule has 8 nitrogen and oxygen atoms in total. The van der Waals surface area contributed by atoms with Crippen LogP contribution in [0.1, 0.15) is 11.8 Å². The summed E-state index contributed by atoms with van der Waals surface area (Å²) in [4.78, 5) is 25.1. The molecule has 0 amide bonds. The molecule has 0 radical (unpaired) electrons. The lowest BCUT2D eigenvalue weighted by Gasteiger charge is -2.17. The van der Waals surface area contributed by atoms with Crippen LogP contribution in [0.5, 0.6) is 0 Å². The van der Waals surface area contributed by atoms with Gasteiger partial charge in [0.25, 0.3) is 5.56 Å². The predicted octanol–water partition coefficient (Wildman–Crippen LogP) is -2.21. The van der Waals surface area contributed by atoms with E-state index in [2.05, 4.69) is 6.58 Å². The Kier molecular flexibility index (Phi) is 3.67. The zero-order valence-corrected chi connectivity index (χ0v) is 9.89.